The van der Waals surface area contributed by atoms with Gasteiger partial charge >= 0.3 is 12.1 Å². The largest absolute Gasteiger partial charge is 0.449 e. The van der Waals surface area contributed by atoms with Crippen molar-refractivity contribution in [1.29, 1.82) is 0 Å². The maximum atomic E-state index is 12.1. The molecule has 29 heavy (non-hydrogen) atoms. The molecule has 4 rings (SSSR count). The van der Waals surface area contributed by atoms with Gasteiger partial charge in [-0.3, -0.25) is 0 Å². The lowest BCUT2D eigenvalue weighted by Gasteiger charge is -2.14. The summed E-state index contributed by atoms with van der Waals surface area (Å²) >= 11 is 0. The Balaban J connectivity index is 1.22. The van der Waals surface area contributed by atoms with Crippen molar-refractivity contribution in [3.63, 3.8) is 0 Å². The highest BCUT2D eigenvalue weighted by atomic mass is 16.6. The number of rotatable bonds is 7. The third-order valence-corrected chi connectivity index (χ3v) is 5.38. The van der Waals surface area contributed by atoms with E-state index in [1.54, 1.807) is 0 Å². The van der Waals surface area contributed by atoms with E-state index < -0.39 is 6.09 Å². The second-order valence-electron chi connectivity index (χ2n) is 7.29. The molecule has 1 aliphatic heterocycles. The Morgan fingerprint density at radius 1 is 1.07 bits per heavy atom. The van der Waals surface area contributed by atoms with Crippen LogP contribution in [0.5, 0.6) is 0 Å². The number of hydrogen-bond acceptors (Lipinski definition) is 5. The Hall–Kier alpha value is -3.28. The average Bonchev–Trinajstić information content (AvgIpc) is 3.22. The van der Waals surface area contributed by atoms with E-state index >= 15 is 0 Å². The molecule has 2 aromatic carbocycles. The summed E-state index contributed by atoms with van der Waals surface area (Å²) in [6.45, 7) is 4.38. The molecular weight excluding hydrogens is 368 g/mol. The summed E-state index contributed by atoms with van der Waals surface area (Å²) in [5.74, 6) is 0.0666. The Kier molecular flexibility index (Phi) is 5.51. The third-order valence-electron chi connectivity index (χ3n) is 5.38. The van der Waals surface area contributed by atoms with Crippen molar-refractivity contribution in [2.75, 3.05) is 13.2 Å². The minimum Gasteiger partial charge on any atom is -0.449 e. The number of nitrogens with one attached hydrogen (secondary N) is 2. The Labute approximate surface area is 169 Å². The average molecular weight is 392 g/mol. The maximum Gasteiger partial charge on any atom is 0.407 e. The highest BCUT2D eigenvalue weighted by Crippen LogP contribution is 2.44. The van der Waals surface area contributed by atoms with E-state index in [0.29, 0.717) is 25.5 Å². The fourth-order valence-electron chi connectivity index (χ4n) is 3.98. The van der Waals surface area contributed by atoms with Crippen LogP contribution in [0.1, 0.15) is 36.3 Å². The van der Waals surface area contributed by atoms with Gasteiger partial charge in [0.15, 0.2) is 5.88 Å². The fourth-order valence-corrected chi connectivity index (χ4v) is 3.98. The number of fused-ring (bicyclic) bond motifs is 3. The number of alkyl carbamates (subject to hydrolysis) is 1. The molecule has 0 bridgehead atoms. The summed E-state index contributed by atoms with van der Waals surface area (Å²) in [7, 11) is 0. The predicted molar refractivity (Wildman–Crippen MR) is 109 cm³/mol. The molecule has 0 unspecified atom stereocenters. The Bertz CT molecular complexity index is 894. The van der Waals surface area contributed by atoms with E-state index in [1.807, 2.05) is 24.3 Å². The van der Waals surface area contributed by atoms with Crippen molar-refractivity contribution in [2.24, 2.45) is 0 Å². The minimum absolute atomic E-state index is 0.0562. The SMILES string of the molecule is C=C1N[C@@H](CCCCNC(=O)OCC2c3ccccc3-c3ccccc32)C(=O)O1. The Morgan fingerprint density at radius 2 is 1.72 bits per heavy atom. The molecule has 6 nitrogen and oxygen atoms in total. The minimum atomic E-state index is -0.418. The first-order valence-corrected chi connectivity index (χ1v) is 9.89. The molecule has 0 spiro atoms. The molecule has 1 aliphatic carbocycles. The lowest BCUT2D eigenvalue weighted by atomic mass is 9.98. The molecule has 0 radical (unpaired) electrons. The summed E-state index contributed by atoms with van der Waals surface area (Å²) in [5, 5.41) is 5.68. The number of unbranched alkanes of at least 4 members (excludes halogenated alkanes) is 1. The summed E-state index contributed by atoms with van der Waals surface area (Å²) in [6.07, 6.45) is 1.76. The van der Waals surface area contributed by atoms with E-state index in [1.165, 1.54) is 22.3 Å². The number of benzene rings is 2. The van der Waals surface area contributed by atoms with Crippen molar-refractivity contribution < 1.29 is 19.1 Å². The molecule has 1 amide bonds. The Morgan fingerprint density at radius 3 is 2.34 bits per heavy atom. The number of esters is 1. The van der Waals surface area contributed by atoms with Crippen molar-refractivity contribution in [3.8, 4) is 11.1 Å². The van der Waals surface area contributed by atoms with Gasteiger partial charge in [-0.2, -0.15) is 0 Å². The summed E-state index contributed by atoms with van der Waals surface area (Å²) in [4.78, 5) is 23.6. The van der Waals surface area contributed by atoms with Gasteiger partial charge in [0.2, 0.25) is 0 Å². The van der Waals surface area contributed by atoms with Crippen LogP contribution in [0.3, 0.4) is 0 Å². The van der Waals surface area contributed by atoms with Crippen molar-refractivity contribution in [2.45, 2.75) is 31.2 Å². The van der Waals surface area contributed by atoms with Crippen LogP contribution in [0.15, 0.2) is 61.0 Å². The molecule has 0 saturated carbocycles. The first kappa shape index (κ1) is 19.1. The van der Waals surface area contributed by atoms with Gasteiger partial charge in [0.25, 0.3) is 0 Å². The zero-order valence-electron chi connectivity index (χ0n) is 16.1. The molecule has 150 valence electrons. The van der Waals surface area contributed by atoms with Gasteiger partial charge in [-0.1, -0.05) is 48.5 Å². The van der Waals surface area contributed by atoms with E-state index in [9.17, 15) is 9.59 Å². The van der Waals surface area contributed by atoms with Crippen LogP contribution < -0.4 is 10.6 Å². The number of amides is 1. The fraction of sp³-hybridized carbons (Fsp3) is 0.304. The molecular formula is C23H24N2O4. The lowest BCUT2D eigenvalue weighted by Crippen LogP contribution is -2.28. The van der Waals surface area contributed by atoms with Gasteiger partial charge in [-0.05, 0) is 48.1 Å². The maximum absolute atomic E-state index is 12.1. The number of cyclic esters (lactones) is 1. The quantitative estimate of drug-likeness (QED) is 0.555. The first-order valence-electron chi connectivity index (χ1n) is 9.89. The molecule has 2 aliphatic rings. The van der Waals surface area contributed by atoms with Gasteiger partial charge in [0, 0.05) is 12.5 Å². The molecule has 0 aromatic heterocycles. The van der Waals surface area contributed by atoms with Gasteiger partial charge in [0.05, 0.1) is 0 Å². The van der Waals surface area contributed by atoms with Crippen LogP contribution in [0.2, 0.25) is 0 Å². The van der Waals surface area contributed by atoms with E-state index in [4.69, 9.17) is 9.47 Å². The third kappa shape index (κ3) is 4.11. The van der Waals surface area contributed by atoms with Crippen LogP contribution in [0.4, 0.5) is 4.79 Å². The molecule has 2 N–H and O–H groups in total. The first-order chi connectivity index (χ1) is 14.1. The van der Waals surface area contributed by atoms with E-state index in [-0.39, 0.29) is 17.9 Å². The van der Waals surface area contributed by atoms with Crippen LogP contribution in [-0.2, 0) is 14.3 Å². The summed E-state index contributed by atoms with van der Waals surface area (Å²) < 4.78 is 10.4. The monoisotopic (exact) mass is 392 g/mol. The molecule has 1 heterocycles. The lowest BCUT2D eigenvalue weighted by molar-refractivity contribution is -0.136. The normalized spacial score (nSPS) is 17.3. The number of hydrogen-bond donors (Lipinski definition) is 2. The summed E-state index contributed by atoms with van der Waals surface area (Å²) in [5.41, 5.74) is 4.80. The number of ether oxygens (including phenoxy) is 2. The van der Waals surface area contributed by atoms with Gasteiger partial charge in [-0.15, -0.1) is 0 Å². The smallest absolute Gasteiger partial charge is 0.407 e. The topological polar surface area (TPSA) is 76.7 Å². The van der Waals surface area contributed by atoms with Crippen molar-refractivity contribution >= 4 is 12.1 Å². The van der Waals surface area contributed by atoms with Crippen LogP contribution >= 0.6 is 0 Å². The molecule has 1 fully saturated rings. The molecule has 6 heteroatoms. The molecule has 1 saturated heterocycles. The van der Waals surface area contributed by atoms with Gasteiger partial charge in [0.1, 0.15) is 12.6 Å². The number of carbonyl (C=O) groups is 2. The van der Waals surface area contributed by atoms with Crippen molar-refractivity contribution in [3.05, 3.63) is 72.1 Å². The zero-order chi connectivity index (χ0) is 20.2. The second-order valence-corrected chi connectivity index (χ2v) is 7.29. The van der Waals surface area contributed by atoms with Crippen LogP contribution in [0, 0.1) is 0 Å². The predicted octanol–water partition coefficient (Wildman–Crippen LogP) is 3.68. The van der Waals surface area contributed by atoms with Crippen molar-refractivity contribution in [1.82, 2.24) is 10.6 Å². The standard InChI is InChI=1S/C23H24N2O4/c1-15-25-21(22(26)29-15)12-6-7-13-24-23(27)28-14-20-18-10-4-2-8-16(18)17-9-3-5-11-19(17)20/h2-5,8-11,20-21,25H,1,6-7,12-14H2,(H,24,27)/t21-/m0/s1. The van der Waals surface area contributed by atoms with E-state index in [2.05, 4.69) is 41.5 Å². The van der Waals surface area contributed by atoms with E-state index in [0.717, 1.165) is 12.8 Å². The second kappa shape index (κ2) is 8.39. The molecule has 2 aromatic rings. The van der Waals surface area contributed by atoms with Gasteiger partial charge in [-0.25, -0.2) is 9.59 Å². The molecule has 1 atom stereocenters. The number of carbonyl (C=O) groups excluding carboxylic acids is 2. The highest BCUT2D eigenvalue weighted by molar-refractivity contribution is 5.79. The van der Waals surface area contributed by atoms with Crippen LogP contribution in [-0.4, -0.2) is 31.3 Å². The summed E-state index contributed by atoms with van der Waals surface area (Å²) in [6, 6.07) is 16.2. The zero-order valence-corrected chi connectivity index (χ0v) is 16.1. The van der Waals surface area contributed by atoms with Gasteiger partial charge < -0.3 is 20.1 Å². The van der Waals surface area contributed by atoms with Crippen LogP contribution in [0.25, 0.3) is 11.1 Å². The highest BCUT2D eigenvalue weighted by Gasteiger charge is 2.29.